The van der Waals surface area contributed by atoms with E-state index in [-0.39, 0.29) is 5.97 Å². The third kappa shape index (κ3) is 3.11. The molecular weight excluding hydrogens is 210 g/mol. The number of thioether (sulfide) groups is 1. The Balaban J connectivity index is 2.72. The normalized spacial score (nSPS) is 30.9. The van der Waals surface area contributed by atoms with Crippen molar-refractivity contribution in [3.8, 4) is 0 Å². The van der Waals surface area contributed by atoms with Gasteiger partial charge >= 0.3 is 5.97 Å². The van der Waals surface area contributed by atoms with Crippen molar-refractivity contribution in [1.29, 1.82) is 0 Å². The minimum Gasteiger partial charge on any atom is -0.465 e. The maximum atomic E-state index is 12.0. The molecule has 0 radical (unpaired) electrons. The minimum atomic E-state index is -0.450. The Labute approximate surface area is 96.3 Å². The average Bonchev–Trinajstić information content (AvgIpc) is 2.48. The Morgan fingerprint density at radius 1 is 1.67 bits per heavy atom. The fraction of sp³-hybridized carbons (Fsp3) is 0.909. The Kier molecular flexibility index (Phi) is 4.46. The van der Waals surface area contributed by atoms with Crippen LogP contribution in [0.15, 0.2) is 0 Å². The van der Waals surface area contributed by atoms with E-state index in [1.165, 1.54) is 0 Å². The lowest BCUT2D eigenvalue weighted by Gasteiger charge is -2.29. The molecule has 0 aromatic rings. The molecule has 4 heteroatoms. The first-order valence-electron chi connectivity index (χ1n) is 5.56. The summed E-state index contributed by atoms with van der Waals surface area (Å²) in [5.74, 6) is 0.737. The van der Waals surface area contributed by atoms with Crippen molar-refractivity contribution in [1.82, 2.24) is 5.32 Å². The van der Waals surface area contributed by atoms with Crippen molar-refractivity contribution < 1.29 is 9.53 Å². The highest BCUT2D eigenvalue weighted by molar-refractivity contribution is 8.00. The fourth-order valence-corrected chi connectivity index (χ4v) is 3.31. The van der Waals surface area contributed by atoms with Crippen molar-refractivity contribution >= 4 is 17.7 Å². The van der Waals surface area contributed by atoms with Gasteiger partial charge in [0.1, 0.15) is 5.54 Å². The second kappa shape index (κ2) is 5.21. The van der Waals surface area contributed by atoms with Crippen LogP contribution in [0.3, 0.4) is 0 Å². The summed E-state index contributed by atoms with van der Waals surface area (Å²) in [4.78, 5) is 12.0. The first kappa shape index (κ1) is 12.8. The number of nitrogens with one attached hydrogen (secondary N) is 1. The van der Waals surface area contributed by atoms with Crippen LogP contribution in [0.1, 0.15) is 34.1 Å². The van der Waals surface area contributed by atoms with Gasteiger partial charge in [-0.2, -0.15) is 11.8 Å². The van der Waals surface area contributed by atoms with Crippen LogP contribution in [-0.2, 0) is 9.53 Å². The highest BCUT2D eigenvalue weighted by Gasteiger charge is 2.46. The maximum Gasteiger partial charge on any atom is 0.327 e. The van der Waals surface area contributed by atoms with Crippen LogP contribution in [0.25, 0.3) is 0 Å². The van der Waals surface area contributed by atoms with Crippen LogP contribution in [0.4, 0.5) is 0 Å². The number of carbonyl (C=O) groups excluding carboxylic acids is 1. The predicted molar refractivity (Wildman–Crippen MR) is 64.2 cm³/mol. The van der Waals surface area contributed by atoms with E-state index in [1.54, 1.807) is 0 Å². The zero-order valence-corrected chi connectivity index (χ0v) is 10.8. The van der Waals surface area contributed by atoms with Crippen LogP contribution in [0.2, 0.25) is 0 Å². The van der Waals surface area contributed by atoms with Crippen LogP contribution in [0.5, 0.6) is 0 Å². The van der Waals surface area contributed by atoms with Crippen LogP contribution >= 0.6 is 11.8 Å². The van der Waals surface area contributed by atoms with E-state index >= 15 is 0 Å². The monoisotopic (exact) mass is 231 g/mol. The van der Waals surface area contributed by atoms with Gasteiger partial charge in [0.2, 0.25) is 0 Å². The molecule has 1 aliphatic heterocycles. The molecule has 0 bridgehead atoms. The van der Waals surface area contributed by atoms with E-state index < -0.39 is 5.54 Å². The van der Waals surface area contributed by atoms with E-state index in [9.17, 15) is 4.79 Å². The van der Waals surface area contributed by atoms with E-state index in [4.69, 9.17) is 4.74 Å². The van der Waals surface area contributed by atoms with Crippen molar-refractivity contribution in [3.05, 3.63) is 0 Å². The van der Waals surface area contributed by atoms with Crippen LogP contribution < -0.4 is 5.32 Å². The van der Waals surface area contributed by atoms with Gasteiger partial charge in [0.25, 0.3) is 0 Å². The molecule has 88 valence electrons. The molecule has 0 aliphatic carbocycles. The molecule has 1 fully saturated rings. The van der Waals surface area contributed by atoms with Gasteiger partial charge in [0.15, 0.2) is 0 Å². The molecule has 3 nitrogen and oxygen atoms in total. The molecule has 1 heterocycles. The summed E-state index contributed by atoms with van der Waals surface area (Å²) in [5.41, 5.74) is -0.450. The second-order valence-corrected chi connectivity index (χ2v) is 5.85. The van der Waals surface area contributed by atoms with E-state index in [2.05, 4.69) is 26.1 Å². The van der Waals surface area contributed by atoms with Crippen LogP contribution in [-0.4, -0.2) is 35.2 Å². The smallest absolute Gasteiger partial charge is 0.327 e. The molecule has 0 aromatic heterocycles. The van der Waals surface area contributed by atoms with Gasteiger partial charge in [-0.05, 0) is 27.2 Å². The van der Waals surface area contributed by atoms with Crippen molar-refractivity contribution in [3.63, 3.8) is 0 Å². The van der Waals surface area contributed by atoms with E-state index in [1.807, 2.05) is 18.7 Å². The first-order valence-corrected chi connectivity index (χ1v) is 6.61. The average molecular weight is 231 g/mol. The van der Waals surface area contributed by atoms with Crippen LogP contribution in [0, 0.1) is 0 Å². The number of hydrogen-bond donors (Lipinski definition) is 1. The molecule has 1 aliphatic rings. The Morgan fingerprint density at radius 2 is 2.33 bits per heavy atom. The van der Waals surface area contributed by atoms with E-state index in [0.29, 0.717) is 17.9 Å². The van der Waals surface area contributed by atoms with Gasteiger partial charge in [-0.25, -0.2) is 0 Å². The summed E-state index contributed by atoms with van der Waals surface area (Å²) >= 11 is 1.84. The molecule has 1 rings (SSSR count). The van der Waals surface area contributed by atoms with Gasteiger partial charge in [0.05, 0.1) is 6.61 Å². The fourth-order valence-electron chi connectivity index (χ4n) is 2.02. The molecule has 0 aromatic carbocycles. The van der Waals surface area contributed by atoms with Gasteiger partial charge < -0.3 is 4.74 Å². The number of rotatable bonds is 4. The minimum absolute atomic E-state index is 0.0875. The lowest BCUT2D eigenvalue weighted by Crippen LogP contribution is -2.56. The molecule has 0 amide bonds. The quantitative estimate of drug-likeness (QED) is 0.749. The molecule has 2 unspecified atom stereocenters. The summed E-state index contributed by atoms with van der Waals surface area (Å²) in [6, 6.07) is 0.306. The number of hydrogen-bond acceptors (Lipinski definition) is 4. The SMILES string of the molecule is CCOC(=O)C1(NC(C)C)CSC(C)C1. The summed E-state index contributed by atoms with van der Waals surface area (Å²) in [6.07, 6.45) is 0.870. The number of esters is 1. The van der Waals surface area contributed by atoms with Gasteiger partial charge in [-0.3, -0.25) is 10.1 Å². The predicted octanol–water partition coefficient (Wildman–Crippen LogP) is 1.81. The van der Waals surface area contributed by atoms with Gasteiger partial charge in [0, 0.05) is 17.0 Å². The van der Waals surface area contributed by atoms with Gasteiger partial charge in [-0.15, -0.1) is 0 Å². The summed E-state index contributed by atoms with van der Waals surface area (Å²) < 4.78 is 5.16. The molecule has 0 spiro atoms. The Bertz CT molecular complexity index is 233. The molecule has 0 saturated carbocycles. The van der Waals surface area contributed by atoms with Crippen molar-refractivity contribution in [2.24, 2.45) is 0 Å². The molecule has 15 heavy (non-hydrogen) atoms. The third-order valence-corrected chi connectivity index (χ3v) is 3.88. The summed E-state index contributed by atoms with van der Waals surface area (Å²) in [6.45, 7) is 8.60. The zero-order chi connectivity index (χ0) is 11.5. The summed E-state index contributed by atoms with van der Waals surface area (Å²) in [5, 5.41) is 3.90. The lowest BCUT2D eigenvalue weighted by atomic mass is 9.95. The molecule has 1 N–H and O–H groups in total. The standard InChI is InChI=1S/C11H21NO2S/c1-5-14-10(13)11(12-8(2)3)6-9(4)15-7-11/h8-9,12H,5-7H2,1-4H3. The lowest BCUT2D eigenvalue weighted by molar-refractivity contribution is -0.150. The van der Waals surface area contributed by atoms with Crippen molar-refractivity contribution in [2.45, 2.75) is 50.9 Å². The van der Waals surface area contributed by atoms with Gasteiger partial charge in [-0.1, -0.05) is 6.92 Å². The number of ether oxygens (including phenoxy) is 1. The van der Waals surface area contributed by atoms with E-state index in [0.717, 1.165) is 12.2 Å². The summed E-state index contributed by atoms with van der Waals surface area (Å²) in [7, 11) is 0. The maximum absolute atomic E-state index is 12.0. The largest absolute Gasteiger partial charge is 0.465 e. The molecule has 1 saturated heterocycles. The molecular formula is C11H21NO2S. The Hall–Kier alpha value is -0.220. The zero-order valence-electron chi connectivity index (χ0n) is 10.0. The highest BCUT2D eigenvalue weighted by Crippen LogP contribution is 2.35. The van der Waals surface area contributed by atoms with Crippen molar-refractivity contribution in [2.75, 3.05) is 12.4 Å². The topological polar surface area (TPSA) is 38.3 Å². The highest BCUT2D eigenvalue weighted by atomic mass is 32.2. The third-order valence-electron chi connectivity index (χ3n) is 2.48. The first-order chi connectivity index (χ1) is 7.00. The Morgan fingerprint density at radius 3 is 2.73 bits per heavy atom. The number of carbonyl (C=O) groups is 1. The molecule has 2 atom stereocenters. The second-order valence-electron chi connectivity index (χ2n) is 4.43.